The van der Waals surface area contributed by atoms with E-state index in [0.717, 1.165) is 0 Å². The molecule has 2 rings (SSSR count). The summed E-state index contributed by atoms with van der Waals surface area (Å²) in [4.78, 5) is 0. The van der Waals surface area contributed by atoms with Crippen molar-refractivity contribution >= 4 is 12.6 Å². The van der Waals surface area contributed by atoms with Crippen molar-refractivity contribution in [1.82, 2.24) is 0 Å². The summed E-state index contributed by atoms with van der Waals surface area (Å²) in [6, 6.07) is 6.37. The zero-order chi connectivity index (χ0) is 13.2. The summed E-state index contributed by atoms with van der Waals surface area (Å²) in [6.07, 6.45) is 5.03. The molecule has 0 aliphatic heterocycles. The van der Waals surface area contributed by atoms with E-state index in [2.05, 4.69) is 0 Å². The van der Waals surface area contributed by atoms with Crippen molar-refractivity contribution in [3.8, 4) is 5.75 Å². The minimum Gasteiger partial charge on any atom is -0.483 e. The topological polar surface area (TPSA) is 49.7 Å². The van der Waals surface area contributed by atoms with E-state index in [-0.39, 0.29) is 12.2 Å². The second-order valence-electron chi connectivity index (χ2n) is 4.51. The lowest BCUT2D eigenvalue weighted by atomic mass is 9.80. The largest absolute Gasteiger partial charge is 0.488 e. The van der Waals surface area contributed by atoms with Crippen LogP contribution in [-0.2, 0) is 0 Å². The maximum Gasteiger partial charge on any atom is 0.488 e. The van der Waals surface area contributed by atoms with Crippen molar-refractivity contribution in [2.45, 2.75) is 18.9 Å². The summed E-state index contributed by atoms with van der Waals surface area (Å²) < 4.78 is 18.9. The summed E-state index contributed by atoms with van der Waals surface area (Å²) in [5.41, 5.74) is -0.323. The number of ether oxygens (including phenoxy) is 1. The van der Waals surface area contributed by atoms with Gasteiger partial charge in [0.05, 0.1) is 0 Å². The molecule has 18 heavy (non-hydrogen) atoms. The molecule has 0 heterocycles. The number of hydrogen-bond donors (Lipinski definition) is 2. The fraction of sp³-hybridized carbons (Fsp3) is 0.231. The average Bonchev–Trinajstić information content (AvgIpc) is 2.28. The van der Waals surface area contributed by atoms with Crippen LogP contribution in [0.15, 0.2) is 48.3 Å². The highest BCUT2D eigenvalue weighted by atomic mass is 19.1. The lowest BCUT2D eigenvalue weighted by Crippen LogP contribution is -2.32. The molecular weight excluding hydrogens is 234 g/mol. The van der Waals surface area contributed by atoms with Gasteiger partial charge in [-0.1, -0.05) is 18.2 Å². The first-order chi connectivity index (χ1) is 8.48. The van der Waals surface area contributed by atoms with Crippen LogP contribution in [0.25, 0.3) is 0 Å². The van der Waals surface area contributed by atoms with Crippen molar-refractivity contribution < 1.29 is 19.2 Å². The minimum atomic E-state index is -1.50. The highest BCUT2D eigenvalue weighted by molar-refractivity contribution is 6.58. The van der Waals surface area contributed by atoms with Crippen molar-refractivity contribution in [3.05, 3.63) is 48.3 Å². The molecule has 5 heteroatoms. The van der Waals surface area contributed by atoms with Crippen molar-refractivity contribution in [2.75, 3.05) is 0 Å². The van der Waals surface area contributed by atoms with E-state index in [4.69, 9.17) is 14.8 Å². The molecule has 1 aliphatic carbocycles. The molecule has 0 bridgehead atoms. The second kappa shape index (κ2) is 4.96. The first-order valence-corrected chi connectivity index (χ1v) is 5.67. The Labute approximate surface area is 105 Å². The normalized spacial score (nSPS) is 22.6. The number of benzene rings is 1. The maximum absolute atomic E-state index is 13.2. The van der Waals surface area contributed by atoms with Crippen molar-refractivity contribution in [2.24, 2.45) is 0 Å². The Morgan fingerprint density at radius 3 is 2.50 bits per heavy atom. The summed E-state index contributed by atoms with van der Waals surface area (Å²) in [7, 11) is -1.50. The molecule has 1 aliphatic rings. The number of halogens is 1. The molecule has 0 fully saturated rings. The molecule has 94 valence electrons. The zero-order valence-corrected chi connectivity index (χ0v) is 10.0. The Bertz CT molecular complexity index is 482. The smallest absolute Gasteiger partial charge is 0.483 e. The van der Waals surface area contributed by atoms with Gasteiger partial charge in [-0.2, -0.15) is 0 Å². The van der Waals surface area contributed by atoms with Gasteiger partial charge < -0.3 is 14.8 Å². The van der Waals surface area contributed by atoms with Gasteiger partial charge in [0.1, 0.15) is 17.2 Å². The number of hydrogen-bond acceptors (Lipinski definition) is 3. The predicted molar refractivity (Wildman–Crippen MR) is 68.2 cm³/mol. The lowest BCUT2D eigenvalue weighted by Gasteiger charge is -2.28. The van der Waals surface area contributed by atoms with Gasteiger partial charge in [0.15, 0.2) is 0 Å². The van der Waals surface area contributed by atoms with E-state index < -0.39 is 12.7 Å². The molecule has 0 spiro atoms. The van der Waals surface area contributed by atoms with Crippen LogP contribution in [0.2, 0.25) is 0 Å². The van der Waals surface area contributed by atoms with E-state index >= 15 is 0 Å². The van der Waals surface area contributed by atoms with Gasteiger partial charge >= 0.3 is 7.12 Å². The van der Waals surface area contributed by atoms with Crippen LogP contribution in [0.1, 0.15) is 13.3 Å². The molecule has 1 aromatic rings. The van der Waals surface area contributed by atoms with E-state index in [9.17, 15) is 4.39 Å². The first kappa shape index (κ1) is 12.9. The van der Waals surface area contributed by atoms with Crippen LogP contribution >= 0.6 is 0 Å². The van der Waals surface area contributed by atoms with Crippen LogP contribution in [0.3, 0.4) is 0 Å². The molecule has 0 aromatic heterocycles. The summed E-state index contributed by atoms with van der Waals surface area (Å²) in [6.45, 7) is 1.80. The Balaban J connectivity index is 2.10. The van der Waals surface area contributed by atoms with Crippen LogP contribution in [0.4, 0.5) is 4.39 Å². The van der Waals surface area contributed by atoms with Crippen LogP contribution in [0.5, 0.6) is 5.75 Å². The Kier molecular flexibility index (Phi) is 3.54. The molecule has 1 unspecified atom stereocenters. The molecule has 0 radical (unpaired) electrons. The van der Waals surface area contributed by atoms with Crippen LogP contribution in [0, 0.1) is 0 Å². The fourth-order valence-electron chi connectivity index (χ4n) is 1.86. The van der Waals surface area contributed by atoms with Gasteiger partial charge in [-0.3, -0.25) is 0 Å². The standard InChI is InChI=1S/C13H14BFO3/c1-13(8-2-3-11(15)9-13)18-12-6-4-10(5-7-12)14(16)17/h2-8,16-17H,9H2,1H3. The van der Waals surface area contributed by atoms with Crippen molar-refractivity contribution in [1.29, 1.82) is 0 Å². The highest BCUT2D eigenvalue weighted by Gasteiger charge is 2.27. The average molecular weight is 248 g/mol. The molecule has 0 amide bonds. The SMILES string of the molecule is CC1(Oc2ccc(B(O)O)cc2)C=CC=C(F)C1. The van der Waals surface area contributed by atoms with Gasteiger partial charge in [-0.05, 0) is 36.7 Å². The molecule has 0 saturated carbocycles. The van der Waals surface area contributed by atoms with E-state index in [1.165, 1.54) is 6.08 Å². The third kappa shape index (κ3) is 3.00. The minimum absolute atomic E-state index is 0.188. The monoisotopic (exact) mass is 248 g/mol. The Morgan fingerprint density at radius 2 is 1.94 bits per heavy atom. The molecule has 3 nitrogen and oxygen atoms in total. The Morgan fingerprint density at radius 1 is 1.28 bits per heavy atom. The van der Waals surface area contributed by atoms with E-state index in [1.807, 2.05) is 0 Å². The summed E-state index contributed by atoms with van der Waals surface area (Å²) >= 11 is 0. The quantitative estimate of drug-likeness (QED) is 0.793. The molecule has 2 N–H and O–H groups in total. The van der Waals surface area contributed by atoms with Gasteiger partial charge in [-0.15, -0.1) is 0 Å². The third-order valence-electron chi connectivity index (χ3n) is 2.77. The Hall–Kier alpha value is -1.59. The fourth-order valence-corrected chi connectivity index (χ4v) is 1.86. The molecule has 1 atom stereocenters. The zero-order valence-electron chi connectivity index (χ0n) is 10.0. The van der Waals surface area contributed by atoms with Gasteiger partial charge in [-0.25, -0.2) is 4.39 Å². The molecule has 0 saturated heterocycles. The van der Waals surface area contributed by atoms with Crippen molar-refractivity contribution in [3.63, 3.8) is 0 Å². The van der Waals surface area contributed by atoms with Crippen LogP contribution in [-0.4, -0.2) is 22.8 Å². The van der Waals surface area contributed by atoms with Gasteiger partial charge in [0.2, 0.25) is 0 Å². The summed E-state index contributed by atoms with van der Waals surface area (Å²) in [5, 5.41) is 17.9. The number of rotatable bonds is 3. The number of allylic oxidation sites excluding steroid dienone is 2. The van der Waals surface area contributed by atoms with Gasteiger partial charge in [0, 0.05) is 6.42 Å². The maximum atomic E-state index is 13.2. The highest BCUT2D eigenvalue weighted by Crippen LogP contribution is 2.28. The first-order valence-electron chi connectivity index (χ1n) is 5.67. The second-order valence-corrected chi connectivity index (χ2v) is 4.51. The van der Waals surface area contributed by atoms with Gasteiger partial charge in [0.25, 0.3) is 0 Å². The molecular formula is C13H14BFO3. The predicted octanol–water partition coefficient (Wildman–Crippen LogP) is 1.32. The lowest BCUT2D eigenvalue weighted by molar-refractivity contribution is 0.132. The summed E-state index contributed by atoms with van der Waals surface area (Å²) in [5.74, 6) is 0.337. The molecule has 1 aromatic carbocycles. The van der Waals surface area contributed by atoms with E-state index in [0.29, 0.717) is 11.2 Å². The van der Waals surface area contributed by atoms with Crippen LogP contribution < -0.4 is 10.2 Å². The van der Waals surface area contributed by atoms with E-state index in [1.54, 1.807) is 43.3 Å². The third-order valence-corrected chi connectivity index (χ3v) is 2.77.